The van der Waals surface area contributed by atoms with Crippen LogP contribution in [0.15, 0.2) is 36.4 Å². The van der Waals surface area contributed by atoms with Gasteiger partial charge in [0.15, 0.2) is 6.73 Å². The van der Waals surface area contributed by atoms with Gasteiger partial charge in [-0.05, 0) is 11.5 Å². The van der Waals surface area contributed by atoms with E-state index in [9.17, 15) is 0 Å². The number of rotatable bonds is 0. The van der Waals surface area contributed by atoms with Crippen LogP contribution in [0.2, 0.25) is 0 Å². The SMILES string of the molecule is CN1COc2ccc3ccccc3c21. The van der Waals surface area contributed by atoms with Gasteiger partial charge >= 0.3 is 0 Å². The summed E-state index contributed by atoms with van der Waals surface area (Å²) in [5, 5.41) is 2.54. The van der Waals surface area contributed by atoms with Crippen molar-refractivity contribution in [2.45, 2.75) is 0 Å². The van der Waals surface area contributed by atoms with Gasteiger partial charge in [0, 0.05) is 12.4 Å². The summed E-state index contributed by atoms with van der Waals surface area (Å²) in [6.45, 7) is 0.656. The second-order valence-electron chi connectivity index (χ2n) is 3.60. The smallest absolute Gasteiger partial charge is 0.161 e. The lowest BCUT2D eigenvalue weighted by molar-refractivity contribution is 0.353. The van der Waals surface area contributed by atoms with Crippen molar-refractivity contribution in [2.75, 3.05) is 18.7 Å². The number of ether oxygens (including phenoxy) is 1. The van der Waals surface area contributed by atoms with Gasteiger partial charge in [-0.15, -0.1) is 0 Å². The first-order valence-electron chi connectivity index (χ1n) is 4.72. The quantitative estimate of drug-likeness (QED) is 0.625. The van der Waals surface area contributed by atoms with E-state index in [1.54, 1.807) is 0 Å². The van der Waals surface area contributed by atoms with E-state index in [1.165, 1.54) is 16.5 Å². The van der Waals surface area contributed by atoms with E-state index < -0.39 is 0 Å². The van der Waals surface area contributed by atoms with Crippen LogP contribution in [0.3, 0.4) is 0 Å². The summed E-state index contributed by atoms with van der Waals surface area (Å²) in [7, 11) is 2.05. The first kappa shape index (κ1) is 7.68. The molecule has 0 amide bonds. The first-order chi connectivity index (χ1) is 6.86. The summed E-state index contributed by atoms with van der Waals surface area (Å²) in [5.74, 6) is 0.992. The molecule has 70 valence electrons. The van der Waals surface area contributed by atoms with E-state index in [1.807, 2.05) is 6.07 Å². The summed E-state index contributed by atoms with van der Waals surface area (Å²) in [5.41, 5.74) is 1.21. The highest BCUT2D eigenvalue weighted by molar-refractivity contribution is 5.98. The second kappa shape index (κ2) is 2.64. The average molecular weight is 185 g/mol. The molecule has 0 radical (unpaired) electrons. The van der Waals surface area contributed by atoms with Crippen LogP contribution in [0, 0.1) is 0 Å². The molecule has 14 heavy (non-hydrogen) atoms. The third-order valence-electron chi connectivity index (χ3n) is 2.66. The average Bonchev–Trinajstić information content (AvgIpc) is 2.61. The Bertz CT molecular complexity index is 493. The van der Waals surface area contributed by atoms with Crippen LogP contribution < -0.4 is 9.64 Å². The molecule has 2 heteroatoms. The van der Waals surface area contributed by atoms with E-state index in [0.29, 0.717) is 6.73 Å². The standard InChI is InChI=1S/C12H11NO/c1-13-8-14-11-7-6-9-4-2-3-5-10(9)12(11)13/h2-7H,8H2,1H3. The number of fused-ring (bicyclic) bond motifs is 3. The van der Waals surface area contributed by atoms with E-state index in [2.05, 4.69) is 42.3 Å². The van der Waals surface area contributed by atoms with Gasteiger partial charge in [0.05, 0.1) is 5.69 Å². The molecule has 0 unspecified atom stereocenters. The molecule has 0 saturated carbocycles. The molecule has 3 rings (SSSR count). The first-order valence-corrected chi connectivity index (χ1v) is 4.72. The lowest BCUT2D eigenvalue weighted by atomic mass is 10.1. The minimum atomic E-state index is 0.656. The van der Waals surface area contributed by atoms with Crippen molar-refractivity contribution in [3.8, 4) is 5.75 Å². The van der Waals surface area contributed by atoms with Crippen molar-refractivity contribution in [3.63, 3.8) is 0 Å². The molecule has 2 nitrogen and oxygen atoms in total. The Labute approximate surface area is 82.7 Å². The Morgan fingerprint density at radius 3 is 2.93 bits per heavy atom. The number of hydrogen-bond donors (Lipinski definition) is 0. The molecule has 0 N–H and O–H groups in total. The van der Waals surface area contributed by atoms with Crippen molar-refractivity contribution in [1.29, 1.82) is 0 Å². The Morgan fingerprint density at radius 2 is 2.00 bits per heavy atom. The minimum absolute atomic E-state index is 0.656. The molecule has 2 aromatic carbocycles. The molecule has 0 spiro atoms. The van der Waals surface area contributed by atoms with E-state index in [-0.39, 0.29) is 0 Å². The Morgan fingerprint density at radius 1 is 1.14 bits per heavy atom. The Kier molecular flexibility index (Phi) is 1.45. The lowest BCUT2D eigenvalue weighted by Crippen LogP contribution is -2.15. The van der Waals surface area contributed by atoms with E-state index in [0.717, 1.165) is 5.75 Å². The monoisotopic (exact) mass is 185 g/mol. The summed E-state index contributed by atoms with van der Waals surface area (Å²) in [4.78, 5) is 2.14. The maximum absolute atomic E-state index is 5.54. The molecule has 0 saturated heterocycles. The van der Waals surface area contributed by atoms with Crippen molar-refractivity contribution in [2.24, 2.45) is 0 Å². The summed E-state index contributed by atoms with van der Waals surface area (Å²) >= 11 is 0. The highest BCUT2D eigenvalue weighted by Crippen LogP contribution is 2.39. The predicted molar refractivity (Wildman–Crippen MR) is 57.8 cm³/mol. The molecule has 0 fully saturated rings. The third-order valence-corrected chi connectivity index (χ3v) is 2.66. The lowest BCUT2D eigenvalue weighted by Gasteiger charge is -2.10. The number of benzene rings is 2. The molecular formula is C12H11NO. The highest BCUT2D eigenvalue weighted by Gasteiger charge is 2.18. The number of anilines is 1. The van der Waals surface area contributed by atoms with Gasteiger partial charge in [-0.2, -0.15) is 0 Å². The summed E-state index contributed by atoms with van der Waals surface area (Å²) in [6.07, 6.45) is 0. The zero-order chi connectivity index (χ0) is 9.54. The largest absolute Gasteiger partial charge is 0.471 e. The van der Waals surface area contributed by atoms with Crippen LogP contribution in [0.1, 0.15) is 0 Å². The molecule has 0 aliphatic carbocycles. The van der Waals surface area contributed by atoms with E-state index in [4.69, 9.17) is 4.74 Å². The van der Waals surface area contributed by atoms with Crippen LogP contribution >= 0.6 is 0 Å². The van der Waals surface area contributed by atoms with Crippen LogP contribution in [0.5, 0.6) is 5.75 Å². The van der Waals surface area contributed by atoms with Gasteiger partial charge in [0.25, 0.3) is 0 Å². The molecule has 1 aliphatic rings. The zero-order valence-electron chi connectivity index (χ0n) is 8.03. The number of nitrogens with zero attached hydrogens (tertiary/aromatic N) is 1. The molecular weight excluding hydrogens is 174 g/mol. The zero-order valence-corrected chi connectivity index (χ0v) is 8.03. The fourth-order valence-corrected chi connectivity index (χ4v) is 1.98. The Hall–Kier alpha value is -1.70. The van der Waals surface area contributed by atoms with Crippen molar-refractivity contribution < 1.29 is 4.74 Å². The van der Waals surface area contributed by atoms with E-state index >= 15 is 0 Å². The number of hydrogen-bond acceptors (Lipinski definition) is 2. The van der Waals surface area contributed by atoms with Crippen LogP contribution in [-0.2, 0) is 0 Å². The van der Waals surface area contributed by atoms with Gasteiger partial charge in [-0.1, -0.05) is 30.3 Å². The van der Waals surface area contributed by atoms with Crippen molar-refractivity contribution >= 4 is 16.5 Å². The maximum atomic E-state index is 5.54. The molecule has 0 aromatic heterocycles. The second-order valence-corrected chi connectivity index (χ2v) is 3.60. The topological polar surface area (TPSA) is 12.5 Å². The predicted octanol–water partition coefficient (Wildman–Crippen LogP) is 2.63. The molecule has 2 aromatic rings. The summed E-state index contributed by atoms with van der Waals surface area (Å²) in [6, 6.07) is 12.5. The highest BCUT2D eigenvalue weighted by atomic mass is 16.5. The summed E-state index contributed by atoms with van der Waals surface area (Å²) < 4.78 is 5.54. The minimum Gasteiger partial charge on any atom is -0.471 e. The third kappa shape index (κ3) is 0.909. The van der Waals surface area contributed by atoms with Gasteiger partial charge in [-0.25, -0.2) is 0 Å². The van der Waals surface area contributed by atoms with Gasteiger partial charge in [0.1, 0.15) is 5.75 Å². The normalized spacial score (nSPS) is 14.2. The molecule has 0 bridgehead atoms. The molecule has 0 atom stereocenters. The van der Waals surface area contributed by atoms with Crippen molar-refractivity contribution in [1.82, 2.24) is 0 Å². The molecule has 1 heterocycles. The van der Waals surface area contributed by atoms with Crippen LogP contribution in [0.4, 0.5) is 5.69 Å². The van der Waals surface area contributed by atoms with Gasteiger partial charge in [0.2, 0.25) is 0 Å². The fraction of sp³-hybridized carbons (Fsp3) is 0.167. The van der Waals surface area contributed by atoms with Gasteiger partial charge in [-0.3, -0.25) is 0 Å². The fourth-order valence-electron chi connectivity index (χ4n) is 1.98. The maximum Gasteiger partial charge on any atom is 0.161 e. The van der Waals surface area contributed by atoms with Gasteiger partial charge < -0.3 is 9.64 Å². The Balaban J connectivity index is 2.41. The molecule has 1 aliphatic heterocycles. The van der Waals surface area contributed by atoms with Crippen molar-refractivity contribution in [3.05, 3.63) is 36.4 Å². The van der Waals surface area contributed by atoms with Crippen LogP contribution in [0.25, 0.3) is 10.8 Å². The van der Waals surface area contributed by atoms with Crippen LogP contribution in [-0.4, -0.2) is 13.8 Å².